The van der Waals surface area contributed by atoms with E-state index >= 15 is 0 Å². The van der Waals surface area contributed by atoms with E-state index in [1.807, 2.05) is 17.0 Å². The van der Waals surface area contributed by atoms with Gasteiger partial charge in [0.1, 0.15) is 6.10 Å². The SMILES string of the molecule is O=C(N=C1S[C@H]2CS(=O)(=O)C[C@@H]2N1Cc1ccc(Cl)cc1)[C@H]1CCCO1. The van der Waals surface area contributed by atoms with Gasteiger partial charge in [0.25, 0.3) is 5.91 Å². The molecule has 3 heterocycles. The fraction of sp³-hybridized carbons (Fsp3) is 0.529. The summed E-state index contributed by atoms with van der Waals surface area (Å²) in [5.41, 5.74) is 0.997. The maximum atomic E-state index is 12.4. The van der Waals surface area contributed by atoms with E-state index in [0.29, 0.717) is 29.8 Å². The molecule has 140 valence electrons. The number of nitrogens with zero attached hydrogens (tertiary/aromatic N) is 2. The van der Waals surface area contributed by atoms with Crippen LogP contribution >= 0.6 is 23.4 Å². The molecular weight excluding hydrogens is 396 g/mol. The first-order chi connectivity index (χ1) is 12.4. The number of hydrogen-bond donors (Lipinski definition) is 0. The first-order valence-electron chi connectivity index (χ1n) is 8.53. The van der Waals surface area contributed by atoms with E-state index in [1.165, 1.54) is 11.8 Å². The molecule has 3 atom stereocenters. The molecule has 0 bridgehead atoms. The van der Waals surface area contributed by atoms with E-state index in [-0.39, 0.29) is 28.7 Å². The zero-order valence-corrected chi connectivity index (χ0v) is 16.4. The van der Waals surface area contributed by atoms with Crippen molar-refractivity contribution in [2.45, 2.75) is 36.8 Å². The van der Waals surface area contributed by atoms with Crippen LogP contribution in [0.25, 0.3) is 0 Å². The van der Waals surface area contributed by atoms with Gasteiger partial charge in [0.15, 0.2) is 15.0 Å². The largest absolute Gasteiger partial charge is 0.368 e. The van der Waals surface area contributed by atoms with Gasteiger partial charge < -0.3 is 9.64 Å². The highest BCUT2D eigenvalue weighted by atomic mass is 35.5. The van der Waals surface area contributed by atoms with Crippen LogP contribution < -0.4 is 0 Å². The Bertz CT molecular complexity index is 835. The number of ether oxygens (including phenoxy) is 1. The van der Waals surface area contributed by atoms with Crippen molar-refractivity contribution in [2.24, 2.45) is 4.99 Å². The average molecular weight is 415 g/mol. The summed E-state index contributed by atoms with van der Waals surface area (Å²) >= 11 is 7.34. The van der Waals surface area contributed by atoms with Crippen molar-refractivity contribution in [3.05, 3.63) is 34.9 Å². The Morgan fingerprint density at radius 2 is 2.08 bits per heavy atom. The van der Waals surface area contributed by atoms with Crippen LogP contribution in [0.5, 0.6) is 0 Å². The molecule has 3 aliphatic rings. The van der Waals surface area contributed by atoms with Crippen LogP contribution in [0.15, 0.2) is 29.3 Å². The molecule has 9 heteroatoms. The van der Waals surface area contributed by atoms with Crippen molar-refractivity contribution in [1.82, 2.24) is 4.90 Å². The number of aliphatic imine (C=N–C) groups is 1. The number of carbonyl (C=O) groups excluding carboxylic acids is 1. The van der Waals surface area contributed by atoms with Crippen LogP contribution in [-0.4, -0.2) is 59.9 Å². The Kier molecular flexibility index (Phi) is 5.02. The topological polar surface area (TPSA) is 76.0 Å². The van der Waals surface area contributed by atoms with E-state index in [0.717, 1.165) is 12.0 Å². The molecule has 0 aromatic heterocycles. The Morgan fingerprint density at radius 1 is 1.31 bits per heavy atom. The highest BCUT2D eigenvalue weighted by molar-refractivity contribution is 8.15. The van der Waals surface area contributed by atoms with Gasteiger partial charge in [0.2, 0.25) is 0 Å². The predicted octanol–water partition coefficient (Wildman–Crippen LogP) is 2.12. The van der Waals surface area contributed by atoms with Crippen molar-refractivity contribution < 1.29 is 17.9 Å². The zero-order valence-electron chi connectivity index (χ0n) is 14.0. The van der Waals surface area contributed by atoms with Gasteiger partial charge in [-0.3, -0.25) is 4.79 Å². The molecule has 0 N–H and O–H groups in total. The smallest absolute Gasteiger partial charge is 0.277 e. The molecule has 0 radical (unpaired) electrons. The van der Waals surface area contributed by atoms with Gasteiger partial charge in [-0.1, -0.05) is 35.5 Å². The lowest BCUT2D eigenvalue weighted by Gasteiger charge is -2.24. The second-order valence-corrected chi connectivity index (χ2v) is 10.6. The van der Waals surface area contributed by atoms with Gasteiger partial charge in [0.05, 0.1) is 17.5 Å². The lowest BCUT2D eigenvalue weighted by atomic mass is 10.1. The Labute approximate surface area is 161 Å². The molecule has 26 heavy (non-hydrogen) atoms. The van der Waals surface area contributed by atoms with Crippen LogP contribution in [0, 0.1) is 0 Å². The van der Waals surface area contributed by atoms with Gasteiger partial charge in [-0.05, 0) is 30.5 Å². The Balaban J connectivity index is 1.59. The standard InChI is InChI=1S/C17H19ClN2O4S2/c18-12-5-3-11(4-6-12)8-20-13-9-26(22,23)10-15(13)25-17(20)19-16(21)14-2-1-7-24-14/h3-6,13-15H,1-2,7-10H2/t13-,14+,15-/m0/s1. The zero-order chi connectivity index (χ0) is 18.3. The van der Waals surface area contributed by atoms with E-state index in [9.17, 15) is 13.2 Å². The minimum absolute atomic E-state index is 0.0802. The number of benzene rings is 1. The normalized spacial score (nSPS) is 31.5. The third kappa shape index (κ3) is 3.78. The Hall–Kier alpha value is -1.09. The molecule has 3 saturated heterocycles. The molecular formula is C17H19ClN2O4S2. The summed E-state index contributed by atoms with van der Waals surface area (Å²) in [5.74, 6) is -0.0354. The predicted molar refractivity (Wildman–Crippen MR) is 102 cm³/mol. The molecule has 1 aromatic carbocycles. The number of rotatable bonds is 3. The number of hydrogen-bond acceptors (Lipinski definition) is 5. The second-order valence-electron chi connectivity index (χ2n) is 6.79. The highest BCUT2D eigenvalue weighted by Crippen LogP contribution is 2.39. The van der Waals surface area contributed by atoms with Crippen molar-refractivity contribution in [2.75, 3.05) is 18.1 Å². The number of thioether (sulfide) groups is 1. The van der Waals surface area contributed by atoms with Gasteiger partial charge in [-0.25, -0.2) is 8.42 Å². The summed E-state index contributed by atoms with van der Waals surface area (Å²) in [7, 11) is -3.05. The summed E-state index contributed by atoms with van der Waals surface area (Å²) in [6.45, 7) is 1.09. The quantitative estimate of drug-likeness (QED) is 0.754. The van der Waals surface area contributed by atoms with Crippen LogP contribution in [0.1, 0.15) is 18.4 Å². The van der Waals surface area contributed by atoms with E-state index in [2.05, 4.69) is 4.99 Å². The Morgan fingerprint density at radius 3 is 2.77 bits per heavy atom. The van der Waals surface area contributed by atoms with E-state index in [4.69, 9.17) is 16.3 Å². The maximum Gasteiger partial charge on any atom is 0.277 e. The van der Waals surface area contributed by atoms with Crippen molar-refractivity contribution in [3.63, 3.8) is 0 Å². The number of carbonyl (C=O) groups is 1. The van der Waals surface area contributed by atoms with Gasteiger partial charge in [-0.2, -0.15) is 4.99 Å². The van der Waals surface area contributed by atoms with E-state index < -0.39 is 15.9 Å². The lowest BCUT2D eigenvalue weighted by Crippen LogP contribution is -2.37. The third-order valence-corrected chi connectivity index (χ3v) is 8.35. The summed E-state index contributed by atoms with van der Waals surface area (Å²) in [5, 5.41) is 1.17. The summed E-state index contributed by atoms with van der Waals surface area (Å²) in [6, 6.07) is 7.26. The second kappa shape index (κ2) is 7.14. The van der Waals surface area contributed by atoms with Crippen molar-refractivity contribution in [3.8, 4) is 0 Å². The van der Waals surface area contributed by atoms with Crippen LogP contribution in [-0.2, 0) is 25.9 Å². The van der Waals surface area contributed by atoms with Crippen LogP contribution in [0.4, 0.5) is 0 Å². The van der Waals surface area contributed by atoms with Crippen molar-refractivity contribution in [1.29, 1.82) is 0 Å². The van der Waals surface area contributed by atoms with Gasteiger partial charge in [-0.15, -0.1) is 0 Å². The van der Waals surface area contributed by atoms with Crippen molar-refractivity contribution >= 4 is 44.3 Å². The van der Waals surface area contributed by atoms with E-state index in [1.54, 1.807) is 12.1 Å². The first-order valence-corrected chi connectivity index (χ1v) is 11.6. The minimum Gasteiger partial charge on any atom is -0.368 e. The number of fused-ring (bicyclic) bond motifs is 1. The number of sulfone groups is 1. The molecule has 4 rings (SSSR count). The maximum absolute atomic E-state index is 12.4. The molecule has 3 aliphatic heterocycles. The number of amidine groups is 1. The summed E-state index contributed by atoms with van der Waals surface area (Å²) in [6.07, 6.45) is 1.09. The fourth-order valence-corrected chi connectivity index (χ4v) is 7.63. The molecule has 6 nitrogen and oxygen atoms in total. The van der Waals surface area contributed by atoms with Crippen LogP contribution in [0.3, 0.4) is 0 Å². The first kappa shape index (κ1) is 18.3. The van der Waals surface area contributed by atoms with Crippen LogP contribution in [0.2, 0.25) is 5.02 Å². The molecule has 0 saturated carbocycles. The molecule has 3 fully saturated rings. The lowest BCUT2D eigenvalue weighted by molar-refractivity contribution is -0.126. The molecule has 0 aliphatic carbocycles. The monoisotopic (exact) mass is 414 g/mol. The highest BCUT2D eigenvalue weighted by Gasteiger charge is 2.48. The summed E-state index contributed by atoms with van der Waals surface area (Å²) < 4.78 is 29.5. The van der Waals surface area contributed by atoms with Gasteiger partial charge >= 0.3 is 0 Å². The molecule has 1 amide bonds. The number of amides is 1. The molecule has 0 spiro atoms. The average Bonchev–Trinajstić information content (AvgIpc) is 3.27. The fourth-order valence-electron chi connectivity index (χ4n) is 3.55. The molecule has 1 aromatic rings. The van der Waals surface area contributed by atoms with Gasteiger partial charge in [0, 0.05) is 23.4 Å². The third-order valence-electron chi connectivity index (χ3n) is 4.85. The number of halogens is 1. The summed E-state index contributed by atoms with van der Waals surface area (Å²) in [4.78, 5) is 18.7. The molecule has 0 unspecified atom stereocenters. The minimum atomic E-state index is -3.05.